The van der Waals surface area contributed by atoms with Crippen molar-refractivity contribution in [2.45, 2.75) is 45.1 Å². The first-order valence-electron chi connectivity index (χ1n) is 11.5. The van der Waals surface area contributed by atoms with Crippen LogP contribution < -0.4 is 4.90 Å². The molecule has 5 rings (SSSR count). The third-order valence-corrected chi connectivity index (χ3v) is 6.36. The minimum Gasteiger partial charge on any atom is -0.478 e. The van der Waals surface area contributed by atoms with Crippen LogP contribution in [-0.2, 0) is 12.8 Å². The monoisotopic (exact) mass is 482 g/mol. The topological polar surface area (TPSA) is 110 Å². The molecule has 4 heterocycles. The number of hydrogen-bond donors (Lipinski definition) is 1. The number of piperidine rings is 1. The molecule has 1 fully saturated rings. The van der Waals surface area contributed by atoms with E-state index in [1.54, 1.807) is 0 Å². The van der Waals surface area contributed by atoms with Gasteiger partial charge in [-0.25, -0.2) is 23.5 Å². The highest BCUT2D eigenvalue weighted by molar-refractivity contribution is 5.87. The van der Waals surface area contributed by atoms with E-state index in [0.717, 1.165) is 31.7 Å². The maximum atomic E-state index is 15.1. The zero-order valence-electron chi connectivity index (χ0n) is 19.1. The molecule has 1 saturated heterocycles. The number of carbonyl (C=O) groups is 1. The van der Waals surface area contributed by atoms with E-state index in [9.17, 15) is 9.18 Å². The van der Waals surface area contributed by atoms with Crippen LogP contribution in [0.3, 0.4) is 0 Å². The van der Waals surface area contributed by atoms with E-state index in [2.05, 4.69) is 27.0 Å². The minimum absolute atomic E-state index is 0.0153. The van der Waals surface area contributed by atoms with E-state index in [0.29, 0.717) is 36.3 Å². The van der Waals surface area contributed by atoms with Crippen molar-refractivity contribution in [2.75, 3.05) is 18.0 Å². The van der Waals surface area contributed by atoms with Gasteiger partial charge in [-0.15, -0.1) is 0 Å². The molecule has 0 amide bonds. The Bertz CT molecular complexity index is 1380. The van der Waals surface area contributed by atoms with Crippen molar-refractivity contribution in [1.82, 2.24) is 24.7 Å². The van der Waals surface area contributed by atoms with Crippen LogP contribution in [0.1, 0.15) is 59.7 Å². The largest absolute Gasteiger partial charge is 0.478 e. The van der Waals surface area contributed by atoms with Gasteiger partial charge in [0.05, 0.1) is 16.6 Å². The summed E-state index contributed by atoms with van der Waals surface area (Å²) in [5, 5.41) is 13.3. The maximum Gasteiger partial charge on any atom is 0.335 e. The van der Waals surface area contributed by atoms with Crippen molar-refractivity contribution in [2.24, 2.45) is 0 Å². The molecule has 0 aliphatic carbocycles. The summed E-state index contributed by atoms with van der Waals surface area (Å²) in [4.78, 5) is 26.1. The van der Waals surface area contributed by atoms with Crippen molar-refractivity contribution >= 4 is 23.0 Å². The average Bonchev–Trinajstić information content (AvgIpc) is 3.46. The molecule has 3 aromatic heterocycles. The Morgan fingerprint density at radius 1 is 1.20 bits per heavy atom. The zero-order chi connectivity index (χ0) is 24.5. The van der Waals surface area contributed by atoms with Crippen LogP contribution in [0, 0.1) is 11.6 Å². The van der Waals surface area contributed by atoms with Gasteiger partial charge in [0, 0.05) is 38.2 Å². The van der Waals surface area contributed by atoms with Crippen LogP contribution in [0.25, 0.3) is 11.0 Å². The molecular formula is C24H24F2N6O3. The Morgan fingerprint density at radius 2 is 2.00 bits per heavy atom. The van der Waals surface area contributed by atoms with Crippen molar-refractivity contribution in [1.29, 1.82) is 0 Å². The molecule has 182 valence electrons. The highest BCUT2D eigenvalue weighted by Gasteiger charge is 2.27. The average molecular weight is 482 g/mol. The first-order valence-corrected chi connectivity index (χ1v) is 11.5. The Morgan fingerprint density at radius 3 is 2.71 bits per heavy atom. The fourth-order valence-electron chi connectivity index (χ4n) is 4.55. The molecule has 1 aliphatic heterocycles. The molecule has 0 spiro atoms. The standard InChI is InChI=1S/C24H24F2N6O3/c1-2-3-20-29-24(35-30-20)31-8-6-16(7-9-31)32-12-18(26)21-19(27-13-28-22(21)32)11-14-4-5-15(23(33)34)10-17(14)25/h4-5,10,12-13,16H,2-3,6-9,11H2,1H3,(H,33,34). The molecule has 1 aliphatic rings. The molecule has 1 N–H and O–H groups in total. The van der Waals surface area contributed by atoms with Crippen LogP contribution in [0.15, 0.2) is 35.2 Å². The SMILES string of the molecule is CCCc1noc(N2CCC(n3cc(F)c4c(Cc5ccc(C(=O)O)cc5F)ncnc43)CC2)n1. The summed E-state index contributed by atoms with van der Waals surface area (Å²) >= 11 is 0. The number of fused-ring (bicyclic) bond motifs is 1. The van der Waals surface area contributed by atoms with Crippen LogP contribution in [0.4, 0.5) is 14.8 Å². The fourth-order valence-corrected chi connectivity index (χ4v) is 4.55. The summed E-state index contributed by atoms with van der Waals surface area (Å²) in [6.07, 6.45) is 5.97. The number of anilines is 1. The van der Waals surface area contributed by atoms with Gasteiger partial charge in [-0.05, 0) is 37.0 Å². The van der Waals surface area contributed by atoms with E-state index in [1.165, 1.54) is 24.7 Å². The second-order valence-electron chi connectivity index (χ2n) is 8.65. The number of halogens is 2. The third-order valence-electron chi connectivity index (χ3n) is 6.36. The number of benzene rings is 1. The Kier molecular flexibility index (Phi) is 6.14. The Hall–Kier alpha value is -3.89. The van der Waals surface area contributed by atoms with Gasteiger partial charge in [0.25, 0.3) is 0 Å². The van der Waals surface area contributed by atoms with Crippen molar-refractivity contribution < 1.29 is 23.2 Å². The first-order chi connectivity index (χ1) is 16.9. The fraction of sp³-hybridized carbons (Fsp3) is 0.375. The summed E-state index contributed by atoms with van der Waals surface area (Å²) < 4.78 is 36.8. The number of carboxylic acid groups (broad SMARTS) is 1. The van der Waals surface area contributed by atoms with Crippen LogP contribution in [0.2, 0.25) is 0 Å². The zero-order valence-corrected chi connectivity index (χ0v) is 19.1. The molecule has 0 saturated carbocycles. The van der Waals surface area contributed by atoms with Crippen molar-refractivity contribution in [3.63, 3.8) is 0 Å². The molecule has 4 aromatic rings. The van der Waals surface area contributed by atoms with Gasteiger partial charge in [-0.3, -0.25) is 0 Å². The molecule has 35 heavy (non-hydrogen) atoms. The number of nitrogens with zero attached hydrogens (tertiary/aromatic N) is 6. The lowest BCUT2D eigenvalue weighted by Gasteiger charge is -2.31. The van der Waals surface area contributed by atoms with Crippen LogP contribution in [-0.4, -0.2) is 48.8 Å². The number of aryl methyl sites for hydroxylation is 1. The van der Waals surface area contributed by atoms with Gasteiger partial charge >= 0.3 is 12.0 Å². The van der Waals surface area contributed by atoms with Gasteiger partial charge < -0.3 is 19.1 Å². The van der Waals surface area contributed by atoms with Gasteiger partial charge in [-0.1, -0.05) is 18.1 Å². The minimum atomic E-state index is -1.21. The smallest absolute Gasteiger partial charge is 0.335 e. The summed E-state index contributed by atoms with van der Waals surface area (Å²) in [5.74, 6) is -1.66. The number of rotatable bonds is 7. The van der Waals surface area contributed by atoms with Crippen molar-refractivity contribution in [3.05, 3.63) is 65.0 Å². The quantitative estimate of drug-likeness (QED) is 0.418. The molecule has 9 nitrogen and oxygen atoms in total. The van der Waals surface area contributed by atoms with E-state index in [4.69, 9.17) is 9.63 Å². The van der Waals surface area contributed by atoms with Crippen LogP contribution >= 0.6 is 0 Å². The second kappa shape index (κ2) is 9.40. The predicted molar refractivity (Wildman–Crippen MR) is 122 cm³/mol. The molecule has 0 bridgehead atoms. The molecule has 0 atom stereocenters. The molecule has 0 radical (unpaired) electrons. The molecule has 11 heteroatoms. The van der Waals surface area contributed by atoms with E-state index in [-0.39, 0.29) is 29.0 Å². The molecule has 0 unspecified atom stereocenters. The van der Waals surface area contributed by atoms with Gasteiger partial charge in [0.1, 0.15) is 17.8 Å². The maximum absolute atomic E-state index is 15.1. The van der Waals surface area contributed by atoms with Gasteiger partial charge in [-0.2, -0.15) is 4.98 Å². The summed E-state index contributed by atoms with van der Waals surface area (Å²) in [5.41, 5.74) is 0.888. The van der Waals surface area contributed by atoms with Crippen LogP contribution in [0.5, 0.6) is 0 Å². The molecule has 1 aromatic carbocycles. The lowest BCUT2D eigenvalue weighted by atomic mass is 10.0. The van der Waals surface area contributed by atoms with E-state index >= 15 is 4.39 Å². The summed E-state index contributed by atoms with van der Waals surface area (Å²) in [6, 6.07) is 4.20. The number of aromatic nitrogens is 5. The highest BCUT2D eigenvalue weighted by atomic mass is 19.1. The second-order valence-corrected chi connectivity index (χ2v) is 8.65. The highest BCUT2D eigenvalue weighted by Crippen LogP contribution is 2.32. The van der Waals surface area contributed by atoms with Gasteiger partial charge in [0.2, 0.25) is 0 Å². The van der Waals surface area contributed by atoms with E-state index in [1.807, 2.05) is 9.47 Å². The lowest BCUT2D eigenvalue weighted by molar-refractivity contribution is 0.0696. The summed E-state index contributed by atoms with van der Waals surface area (Å²) in [7, 11) is 0. The van der Waals surface area contributed by atoms with E-state index < -0.39 is 17.6 Å². The predicted octanol–water partition coefficient (Wildman–Crippen LogP) is 4.18. The van der Waals surface area contributed by atoms with Gasteiger partial charge in [0.15, 0.2) is 11.6 Å². The lowest BCUT2D eigenvalue weighted by Crippen LogP contribution is -2.34. The third kappa shape index (κ3) is 4.45. The Balaban J connectivity index is 1.36. The van der Waals surface area contributed by atoms with Crippen molar-refractivity contribution in [3.8, 4) is 0 Å². The first kappa shape index (κ1) is 22.9. The number of hydrogen-bond acceptors (Lipinski definition) is 7. The number of aromatic carboxylic acids is 1. The Labute approximate surface area is 199 Å². The number of carboxylic acids is 1. The normalized spacial score (nSPS) is 14.7. The summed E-state index contributed by atoms with van der Waals surface area (Å²) in [6.45, 7) is 3.42. The molecular weight excluding hydrogens is 458 g/mol.